The summed E-state index contributed by atoms with van der Waals surface area (Å²) in [5.74, 6) is -0.0214. The van der Waals surface area contributed by atoms with Gasteiger partial charge in [0, 0.05) is 18.2 Å². The molecule has 1 fully saturated rings. The summed E-state index contributed by atoms with van der Waals surface area (Å²) in [7, 11) is 0. The molecule has 104 valence electrons. The Morgan fingerprint density at radius 3 is 3.05 bits per heavy atom. The second kappa shape index (κ2) is 5.42. The van der Waals surface area contributed by atoms with Crippen molar-refractivity contribution < 1.29 is 4.79 Å². The summed E-state index contributed by atoms with van der Waals surface area (Å²) >= 11 is 0. The predicted molar refractivity (Wildman–Crippen MR) is 74.8 cm³/mol. The van der Waals surface area contributed by atoms with E-state index in [-0.39, 0.29) is 11.9 Å². The standard InChI is InChI=1S/C14H17N5O/c1-10-6-11(14(20)18-12-4-5-15-7-12)2-3-13(10)19-9-16-8-17-19/h2-3,6,8-9,12,15H,4-5,7H2,1H3,(H,18,20). The van der Waals surface area contributed by atoms with Crippen LogP contribution in [0.3, 0.4) is 0 Å². The van der Waals surface area contributed by atoms with Gasteiger partial charge in [0.05, 0.1) is 5.69 Å². The van der Waals surface area contributed by atoms with Gasteiger partial charge in [-0.25, -0.2) is 9.67 Å². The second-order valence-corrected chi connectivity index (χ2v) is 5.00. The van der Waals surface area contributed by atoms with Crippen molar-refractivity contribution in [2.24, 2.45) is 0 Å². The molecule has 0 radical (unpaired) electrons. The minimum atomic E-state index is -0.0214. The number of aromatic nitrogens is 3. The van der Waals surface area contributed by atoms with Crippen LogP contribution in [0.25, 0.3) is 5.69 Å². The number of nitrogens with one attached hydrogen (secondary N) is 2. The summed E-state index contributed by atoms with van der Waals surface area (Å²) in [5, 5.41) is 10.4. The Morgan fingerprint density at radius 2 is 2.40 bits per heavy atom. The molecule has 0 spiro atoms. The van der Waals surface area contributed by atoms with Crippen molar-refractivity contribution in [2.75, 3.05) is 13.1 Å². The fourth-order valence-electron chi connectivity index (χ4n) is 2.43. The van der Waals surface area contributed by atoms with Crippen molar-refractivity contribution in [3.63, 3.8) is 0 Å². The minimum Gasteiger partial charge on any atom is -0.348 e. The maximum Gasteiger partial charge on any atom is 0.251 e. The molecule has 6 heteroatoms. The Kier molecular flexibility index (Phi) is 3.47. The molecular formula is C14H17N5O. The van der Waals surface area contributed by atoms with Crippen LogP contribution in [-0.2, 0) is 0 Å². The van der Waals surface area contributed by atoms with E-state index in [4.69, 9.17) is 0 Å². The van der Waals surface area contributed by atoms with E-state index in [9.17, 15) is 4.79 Å². The van der Waals surface area contributed by atoms with Gasteiger partial charge < -0.3 is 10.6 Å². The van der Waals surface area contributed by atoms with Crippen molar-refractivity contribution in [3.8, 4) is 5.69 Å². The first-order chi connectivity index (χ1) is 9.74. The molecule has 1 atom stereocenters. The third-order valence-corrected chi connectivity index (χ3v) is 3.52. The van der Waals surface area contributed by atoms with Gasteiger partial charge in [-0.1, -0.05) is 0 Å². The Balaban J connectivity index is 1.77. The smallest absolute Gasteiger partial charge is 0.251 e. The van der Waals surface area contributed by atoms with Gasteiger partial charge in [0.25, 0.3) is 5.91 Å². The number of benzene rings is 1. The van der Waals surface area contributed by atoms with Crippen molar-refractivity contribution in [1.29, 1.82) is 0 Å². The van der Waals surface area contributed by atoms with E-state index in [0.717, 1.165) is 30.8 Å². The van der Waals surface area contributed by atoms with Gasteiger partial charge in [0.15, 0.2) is 0 Å². The highest BCUT2D eigenvalue weighted by molar-refractivity contribution is 5.94. The van der Waals surface area contributed by atoms with Crippen LogP contribution in [0.1, 0.15) is 22.3 Å². The van der Waals surface area contributed by atoms with Crippen LogP contribution in [0.2, 0.25) is 0 Å². The Morgan fingerprint density at radius 1 is 1.50 bits per heavy atom. The van der Waals surface area contributed by atoms with Crippen LogP contribution in [0.5, 0.6) is 0 Å². The van der Waals surface area contributed by atoms with Crippen LogP contribution in [-0.4, -0.2) is 39.8 Å². The highest BCUT2D eigenvalue weighted by atomic mass is 16.1. The lowest BCUT2D eigenvalue weighted by Gasteiger charge is -2.12. The molecule has 1 unspecified atom stereocenters. The maximum atomic E-state index is 12.2. The Hall–Kier alpha value is -2.21. The largest absolute Gasteiger partial charge is 0.348 e. The van der Waals surface area contributed by atoms with E-state index in [1.165, 1.54) is 6.33 Å². The molecule has 6 nitrogen and oxygen atoms in total. The number of amides is 1. The highest BCUT2D eigenvalue weighted by Crippen LogP contribution is 2.15. The number of aryl methyl sites for hydroxylation is 1. The van der Waals surface area contributed by atoms with E-state index >= 15 is 0 Å². The molecule has 0 bridgehead atoms. The molecule has 2 heterocycles. The molecule has 2 aromatic rings. The molecule has 3 rings (SSSR count). The van der Waals surface area contributed by atoms with E-state index < -0.39 is 0 Å². The zero-order valence-electron chi connectivity index (χ0n) is 11.3. The molecule has 1 aliphatic heterocycles. The summed E-state index contributed by atoms with van der Waals surface area (Å²) in [6, 6.07) is 5.83. The molecule has 1 aliphatic rings. The third-order valence-electron chi connectivity index (χ3n) is 3.52. The monoisotopic (exact) mass is 271 g/mol. The number of carbonyl (C=O) groups excluding carboxylic acids is 1. The average molecular weight is 271 g/mol. The van der Waals surface area contributed by atoms with Gasteiger partial charge in [-0.3, -0.25) is 4.79 Å². The van der Waals surface area contributed by atoms with Crippen LogP contribution >= 0.6 is 0 Å². The Labute approximate surface area is 117 Å². The number of hydrogen-bond acceptors (Lipinski definition) is 4. The van der Waals surface area contributed by atoms with E-state index in [1.807, 2.05) is 25.1 Å². The molecule has 1 aromatic carbocycles. The first-order valence-electron chi connectivity index (χ1n) is 6.71. The second-order valence-electron chi connectivity index (χ2n) is 5.00. The topological polar surface area (TPSA) is 71.8 Å². The maximum absolute atomic E-state index is 12.2. The van der Waals surface area contributed by atoms with Gasteiger partial charge in [-0.15, -0.1) is 0 Å². The summed E-state index contributed by atoms with van der Waals surface area (Å²) in [6.07, 6.45) is 4.13. The third kappa shape index (κ3) is 2.55. The lowest BCUT2D eigenvalue weighted by Crippen LogP contribution is -2.36. The number of hydrogen-bond donors (Lipinski definition) is 2. The van der Waals surface area contributed by atoms with Crippen LogP contribution in [0.4, 0.5) is 0 Å². The Bertz CT molecular complexity index is 602. The van der Waals surface area contributed by atoms with Gasteiger partial charge in [-0.2, -0.15) is 5.10 Å². The lowest BCUT2D eigenvalue weighted by molar-refractivity contribution is 0.0940. The van der Waals surface area contributed by atoms with Crippen molar-refractivity contribution in [3.05, 3.63) is 42.0 Å². The quantitative estimate of drug-likeness (QED) is 0.860. The zero-order chi connectivity index (χ0) is 13.9. The summed E-state index contributed by atoms with van der Waals surface area (Å²) in [5.41, 5.74) is 2.60. The van der Waals surface area contributed by atoms with E-state index in [1.54, 1.807) is 11.0 Å². The van der Waals surface area contributed by atoms with Gasteiger partial charge in [0.2, 0.25) is 0 Å². The summed E-state index contributed by atoms with van der Waals surface area (Å²) in [4.78, 5) is 16.1. The highest BCUT2D eigenvalue weighted by Gasteiger charge is 2.18. The molecule has 1 saturated heterocycles. The summed E-state index contributed by atoms with van der Waals surface area (Å²) < 4.78 is 1.69. The van der Waals surface area contributed by atoms with Gasteiger partial charge >= 0.3 is 0 Å². The SMILES string of the molecule is Cc1cc(C(=O)NC2CCNC2)ccc1-n1cncn1. The summed E-state index contributed by atoms with van der Waals surface area (Å²) in [6.45, 7) is 3.78. The molecule has 0 saturated carbocycles. The fraction of sp³-hybridized carbons (Fsp3) is 0.357. The van der Waals surface area contributed by atoms with Crippen LogP contribution in [0.15, 0.2) is 30.9 Å². The first-order valence-corrected chi connectivity index (χ1v) is 6.71. The average Bonchev–Trinajstić information content (AvgIpc) is 3.11. The molecular weight excluding hydrogens is 254 g/mol. The van der Waals surface area contributed by atoms with Crippen molar-refractivity contribution >= 4 is 5.91 Å². The zero-order valence-corrected chi connectivity index (χ0v) is 11.3. The van der Waals surface area contributed by atoms with Gasteiger partial charge in [-0.05, 0) is 43.7 Å². The predicted octanol–water partition coefficient (Wildman–Crippen LogP) is 0.667. The molecule has 1 amide bonds. The van der Waals surface area contributed by atoms with E-state index in [0.29, 0.717) is 5.56 Å². The molecule has 1 aromatic heterocycles. The van der Waals surface area contributed by atoms with E-state index in [2.05, 4.69) is 20.7 Å². The first kappa shape index (κ1) is 12.8. The molecule has 0 aliphatic carbocycles. The molecule has 2 N–H and O–H groups in total. The number of carbonyl (C=O) groups is 1. The van der Waals surface area contributed by atoms with Crippen LogP contribution < -0.4 is 10.6 Å². The van der Waals surface area contributed by atoms with Crippen molar-refractivity contribution in [1.82, 2.24) is 25.4 Å². The minimum absolute atomic E-state index is 0.0214. The van der Waals surface area contributed by atoms with Crippen LogP contribution in [0, 0.1) is 6.92 Å². The number of nitrogens with zero attached hydrogens (tertiary/aromatic N) is 3. The lowest BCUT2D eigenvalue weighted by atomic mass is 10.1. The van der Waals surface area contributed by atoms with Gasteiger partial charge in [0.1, 0.15) is 12.7 Å². The van der Waals surface area contributed by atoms with Crippen molar-refractivity contribution in [2.45, 2.75) is 19.4 Å². The normalized spacial score (nSPS) is 18.1. The fourth-order valence-corrected chi connectivity index (χ4v) is 2.43. The number of rotatable bonds is 3. The molecule has 20 heavy (non-hydrogen) atoms.